The molecule has 2 aliphatic heterocycles. The second-order valence-corrected chi connectivity index (χ2v) is 4.77. The zero-order valence-electron chi connectivity index (χ0n) is 9.52. The van der Waals surface area contributed by atoms with E-state index < -0.39 is 0 Å². The molecule has 2 heteroatoms. The standard InChI is InChI=1S/C14H18O2/c1-2-6-12(7-3-1)13-8-10-14(16-13)9-4-5-11-15-14/h1-3,6-7,13H,4-5,8-11H2/t13?,14-/m1/s1. The maximum Gasteiger partial charge on any atom is 0.169 e. The quantitative estimate of drug-likeness (QED) is 0.719. The lowest BCUT2D eigenvalue weighted by Gasteiger charge is -2.33. The minimum atomic E-state index is -0.251. The molecule has 2 fully saturated rings. The van der Waals surface area contributed by atoms with Crippen LogP contribution in [-0.2, 0) is 9.47 Å². The first-order chi connectivity index (χ1) is 7.88. The average Bonchev–Trinajstić information content (AvgIpc) is 2.75. The van der Waals surface area contributed by atoms with Crippen molar-refractivity contribution in [3.8, 4) is 0 Å². The molecule has 3 rings (SSSR count). The van der Waals surface area contributed by atoms with E-state index in [0.29, 0.717) is 0 Å². The first kappa shape index (κ1) is 10.3. The summed E-state index contributed by atoms with van der Waals surface area (Å²) in [5, 5.41) is 0. The molecular formula is C14H18O2. The summed E-state index contributed by atoms with van der Waals surface area (Å²) in [7, 11) is 0. The lowest BCUT2D eigenvalue weighted by molar-refractivity contribution is -0.246. The SMILES string of the molecule is c1ccc(C2CC[C@@]3(CCCCO3)O2)cc1. The van der Waals surface area contributed by atoms with Crippen molar-refractivity contribution in [1.82, 2.24) is 0 Å². The number of hydrogen-bond donors (Lipinski definition) is 0. The van der Waals surface area contributed by atoms with Crippen molar-refractivity contribution in [3.63, 3.8) is 0 Å². The molecule has 0 radical (unpaired) electrons. The van der Waals surface area contributed by atoms with Crippen LogP contribution in [0.5, 0.6) is 0 Å². The molecule has 0 aromatic heterocycles. The topological polar surface area (TPSA) is 18.5 Å². The van der Waals surface area contributed by atoms with Gasteiger partial charge in [0, 0.05) is 12.8 Å². The van der Waals surface area contributed by atoms with Crippen LogP contribution in [0.25, 0.3) is 0 Å². The summed E-state index contributed by atoms with van der Waals surface area (Å²) in [6.07, 6.45) is 5.86. The van der Waals surface area contributed by atoms with Crippen molar-refractivity contribution < 1.29 is 9.47 Å². The zero-order valence-corrected chi connectivity index (χ0v) is 9.52. The Balaban J connectivity index is 1.73. The molecular weight excluding hydrogens is 200 g/mol. The Hall–Kier alpha value is -0.860. The van der Waals surface area contributed by atoms with Gasteiger partial charge in [0.05, 0.1) is 12.7 Å². The third kappa shape index (κ3) is 1.87. The molecule has 2 heterocycles. The second kappa shape index (κ2) is 4.19. The number of ether oxygens (including phenoxy) is 2. The van der Waals surface area contributed by atoms with E-state index in [2.05, 4.69) is 24.3 Å². The van der Waals surface area contributed by atoms with Crippen LogP contribution in [0.2, 0.25) is 0 Å². The van der Waals surface area contributed by atoms with Gasteiger partial charge in [-0.15, -0.1) is 0 Å². The first-order valence-corrected chi connectivity index (χ1v) is 6.25. The van der Waals surface area contributed by atoms with E-state index in [9.17, 15) is 0 Å². The Morgan fingerprint density at radius 2 is 1.94 bits per heavy atom. The molecule has 1 unspecified atom stereocenters. The van der Waals surface area contributed by atoms with Gasteiger partial charge >= 0.3 is 0 Å². The van der Waals surface area contributed by atoms with Crippen molar-refractivity contribution in [2.75, 3.05) is 6.61 Å². The molecule has 0 saturated carbocycles. The first-order valence-electron chi connectivity index (χ1n) is 6.25. The van der Waals surface area contributed by atoms with E-state index in [1.165, 1.54) is 18.4 Å². The van der Waals surface area contributed by atoms with Gasteiger partial charge in [-0.25, -0.2) is 0 Å². The Morgan fingerprint density at radius 3 is 2.69 bits per heavy atom. The van der Waals surface area contributed by atoms with Gasteiger partial charge in [0.15, 0.2) is 5.79 Å². The fraction of sp³-hybridized carbons (Fsp3) is 0.571. The summed E-state index contributed by atoms with van der Waals surface area (Å²) in [4.78, 5) is 0. The molecule has 1 spiro atoms. The van der Waals surface area contributed by atoms with Gasteiger partial charge in [0.25, 0.3) is 0 Å². The van der Waals surface area contributed by atoms with E-state index in [1.54, 1.807) is 0 Å². The van der Waals surface area contributed by atoms with Gasteiger partial charge < -0.3 is 9.47 Å². The van der Waals surface area contributed by atoms with Gasteiger partial charge in [0.1, 0.15) is 0 Å². The summed E-state index contributed by atoms with van der Waals surface area (Å²) < 4.78 is 12.0. The maximum atomic E-state index is 6.15. The predicted molar refractivity (Wildman–Crippen MR) is 62.0 cm³/mol. The van der Waals surface area contributed by atoms with E-state index in [4.69, 9.17) is 9.47 Å². The Bertz CT molecular complexity index is 341. The molecule has 0 N–H and O–H groups in total. The predicted octanol–water partition coefficient (Wildman–Crippen LogP) is 3.43. The Labute approximate surface area is 96.6 Å². The molecule has 16 heavy (non-hydrogen) atoms. The van der Waals surface area contributed by atoms with Crippen molar-refractivity contribution >= 4 is 0 Å². The van der Waals surface area contributed by atoms with E-state index in [-0.39, 0.29) is 11.9 Å². The highest BCUT2D eigenvalue weighted by atomic mass is 16.7. The second-order valence-electron chi connectivity index (χ2n) is 4.77. The molecule has 86 valence electrons. The number of rotatable bonds is 1. The highest BCUT2D eigenvalue weighted by Gasteiger charge is 2.42. The molecule has 2 nitrogen and oxygen atoms in total. The van der Waals surface area contributed by atoms with Gasteiger partial charge in [-0.3, -0.25) is 0 Å². The van der Waals surface area contributed by atoms with Crippen molar-refractivity contribution in [2.45, 2.75) is 44.0 Å². The third-order valence-corrected chi connectivity index (χ3v) is 3.63. The van der Waals surface area contributed by atoms with Crippen LogP contribution in [0.3, 0.4) is 0 Å². The van der Waals surface area contributed by atoms with Crippen LogP contribution in [0, 0.1) is 0 Å². The van der Waals surface area contributed by atoms with Gasteiger partial charge in [0.2, 0.25) is 0 Å². The summed E-state index contributed by atoms with van der Waals surface area (Å²) >= 11 is 0. The maximum absolute atomic E-state index is 6.15. The third-order valence-electron chi connectivity index (χ3n) is 3.63. The van der Waals surface area contributed by atoms with E-state index >= 15 is 0 Å². The van der Waals surface area contributed by atoms with E-state index in [0.717, 1.165) is 25.9 Å². The van der Waals surface area contributed by atoms with Crippen LogP contribution in [-0.4, -0.2) is 12.4 Å². The van der Waals surface area contributed by atoms with Gasteiger partial charge in [-0.1, -0.05) is 30.3 Å². The highest BCUT2D eigenvalue weighted by Crippen LogP contribution is 2.44. The smallest absolute Gasteiger partial charge is 0.169 e. The molecule has 2 atom stereocenters. The minimum Gasteiger partial charge on any atom is -0.350 e. The minimum absolute atomic E-state index is 0.235. The molecule has 1 aromatic rings. The fourth-order valence-corrected chi connectivity index (χ4v) is 2.75. The van der Waals surface area contributed by atoms with E-state index in [1.807, 2.05) is 6.07 Å². The summed E-state index contributed by atoms with van der Waals surface area (Å²) in [5.41, 5.74) is 1.29. The molecule has 2 aliphatic rings. The van der Waals surface area contributed by atoms with Crippen molar-refractivity contribution in [3.05, 3.63) is 35.9 Å². The summed E-state index contributed by atoms with van der Waals surface area (Å²) in [6, 6.07) is 10.5. The normalized spacial score (nSPS) is 34.4. The van der Waals surface area contributed by atoms with Crippen LogP contribution in [0.15, 0.2) is 30.3 Å². The lowest BCUT2D eigenvalue weighted by atomic mass is 10.0. The van der Waals surface area contributed by atoms with Gasteiger partial charge in [-0.05, 0) is 24.8 Å². The van der Waals surface area contributed by atoms with Crippen LogP contribution < -0.4 is 0 Å². The van der Waals surface area contributed by atoms with Crippen LogP contribution >= 0.6 is 0 Å². The Kier molecular flexibility index (Phi) is 2.70. The average molecular weight is 218 g/mol. The lowest BCUT2D eigenvalue weighted by Crippen LogP contribution is -2.35. The fourth-order valence-electron chi connectivity index (χ4n) is 2.75. The molecule has 0 aliphatic carbocycles. The van der Waals surface area contributed by atoms with Crippen LogP contribution in [0.4, 0.5) is 0 Å². The monoisotopic (exact) mass is 218 g/mol. The molecule has 0 amide bonds. The zero-order chi connectivity index (χ0) is 10.8. The number of benzene rings is 1. The molecule has 1 aromatic carbocycles. The molecule has 2 saturated heterocycles. The van der Waals surface area contributed by atoms with Crippen LogP contribution in [0.1, 0.15) is 43.8 Å². The largest absolute Gasteiger partial charge is 0.350 e. The summed E-state index contributed by atoms with van der Waals surface area (Å²) in [6.45, 7) is 0.863. The Morgan fingerprint density at radius 1 is 1.06 bits per heavy atom. The molecule has 0 bridgehead atoms. The van der Waals surface area contributed by atoms with Crippen molar-refractivity contribution in [2.24, 2.45) is 0 Å². The van der Waals surface area contributed by atoms with Crippen molar-refractivity contribution in [1.29, 1.82) is 0 Å². The highest BCUT2D eigenvalue weighted by molar-refractivity contribution is 5.18. The van der Waals surface area contributed by atoms with Gasteiger partial charge in [-0.2, -0.15) is 0 Å². The summed E-state index contributed by atoms with van der Waals surface area (Å²) in [5.74, 6) is -0.251. The number of hydrogen-bond acceptors (Lipinski definition) is 2.